The zero-order valence-corrected chi connectivity index (χ0v) is 13.7. The molecular formula is C17H21N5O2. The normalized spacial score (nSPS) is 17.7. The van der Waals surface area contributed by atoms with Crippen LogP contribution in [0.25, 0.3) is 0 Å². The number of nitrogens with zero attached hydrogens (tertiary/aromatic N) is 4. The lowest BCUT2D eigenvalue weighted by molar-refractivity contribution is -0.132. The van der Waals surface area contributed by atoms with Crippen molar-refractivity contribution in [2.45, 2.75) is 32.2 Å². The van der Waals surface area contributed by atoms with E-state index in [1.54, 1.807) is 4.68 Å². The molecule has 1 aliphatic rings. The van der Waals surface area contributed by atoms with E-state index in [0.717, 1.165) is 30.5 Å². The lowest BCUT2D eigenvalue weighted by Crippen LogP contribution is -2.41. The molecule has 0 bridgehead atoms. The van der Waals surface area contributed by atoms with Crippen molar-refractivity contribution in [2.75, 3.05) is 13.1 Å². The molecule has 0 radical (unpaired) electrons. The largest absolute Gasteiger partial charge is 0.363 e. The number of primary amides is 1. The third-order valence-electron chi connectivity index (χ3n) is 4.46. The van der Waals surface area contributed by atoms with E-state index in [1.807, 2.05) is 36.1 Å². The Kier molecular flexibility index (Phi) is 4.59. The summed E-state index contributed by atoms with van der Waals surface area (Å²) in [4.78, 5) is 29.5. The molecule has 1 saturated heterocycles. The van der Waals surface area contributed by atoms with Crippen LogP contribution < -0.4 is 5.73 Å². The number of aryl methyl sites for hydroxylation is 1. The summed E-state index contributed by atoms with van der Waals surface area (Å²) in [5.41, 5.74) is 7.37. The van der Waals surface area contributed by atoms with E-state index in [0.29, 0.717) is 13.0 Å². The first-order valence-corrected chi connectivity index (χ1v) is 8.08. The number of amides is 2. The van der Waals surface area contributed by atoms with Gasteiger partial charge in [-0.2, -0.15) is 0 Å². The summed E-state index contributed by atoms with van der Waals surface area (Å²) in [6.45, 7) is 3.34. The first-order chi connectivity index (χ1) is 11.5. The van der Waals surface area contributed by atoms with E-state index in [1.165, 1.54) is 6.33 Å². The molecule has 1 aliphatic heterocycles. The Morgan fingerprint density at radius 2 is 2.12 bits per heavy atom. The molecule has 1 aromatic carbocycles. The lowest BCUT2D eigenvalue weighted by atomic mass is 10.0. The summed E-state index contributed by atoms with van der Waals surface area (Å²) >= 11 is 0. The molecule has 2 heterocycles. The van der Waals surface area contributed by atoms with Gasteiger partial charge in [0.15, 0.2) is 0 Å². The van der Waals surface area contributed by atoms with E-state index in [9.17, 15) is 9.59 Å². The average molecular weight is 327 g/mol. The minimum atomic E-state index is -0.642. The lowest BCUT2D eigenvalue weighted by Gasteiger charge is -2.32. The van der Waals surface area contributed by atoms with Crippen molar-refractivity contribution in [1.29, 1.82) is 0 Å². The van der Waals surface area contributed by atoms with Crippen molar-refractivity contribution in [3.05, 3.63) is 47.5 Å². The van der Waals surface area contributed by atoms with Gasteiger partial charge in [-0.15, -0.1) is 5.10 Å². The van der Waals surface area contributed by atoms with Gasteiger partial charge < -0.3 is 10.6 Å². The second kappa shape index (κ2) is 6.82. The van der Waals surface area contributed by atoms with E-state index >= 15 is 0 Å². The van der Waals surface area contributed by atoms with Gasteiger partial charge in [-0.3, -0.25) is 9.59 Å². The van der Waals surface area contributed by atoms with Crippen molar-refractivity contribution in [3.63, 3.8) is 0 Å². The van der Waals surface area contributed by atoms with Crippen LogP contribution in [0.15, 0.2) is 30.6 Å². The van der Waals surface area contributed by atoms with Crippen LogP contribution in [0.4, 0.5) is 0 Å². The summed E-state index contributed by atoms with van der Waals surface area (Å²) < 4.78 is 1.65. The molecule has 0 saturated carbocycles. The van der Waals surface area contributed by atoms with E-state index in [4.69, 9.17) is 5.73 Å². The van der Waals surface area contributed by atoms with Gasteiger partial charge in [0.2, 0.25) is 11.7 Å². The van der Waals surface area contributed by atoms with Gasteiger partial charge in [-0.05, 0) is 30.9 Å². The molecule has 1 atom stereocenters. The van der Waals surface area contributed by atoms with Crippen molar-refractivity contribution in [2.24, 2.45) is 5.73 Å². The van der Waals surface area contributed by atoms with Crippen LogP contribution >= 0.6 is 0 Å². The molecule has 7 nitrogen and oxygen atoms in total. The summed E-state index contributed by atoms with van der Waals surface area (Å²) in [6.07, 6.45) is 3.72. The second-order valence-corrected chi connectivity index (χ2v) is 6.15. The zero-order valence-electron chi connectivity index (χ0n) is 13.7. The highest BCUT2D eigenvalue weighted by Crippen LogP contribution is 2.21. The maximum Gasteiger partial charge on any atom is 0.288 e. The smallest absolute Gasteiger partial charge is 0.288 e. The molecule has 0 aliphatic carbocycles. The first kappa shape index (κ1) is 16.2. The zero-order chi connectivity index (χ0) is 17.1. The molecule has 126 valence electrons. The number of likely N-dealkylation sites (tertiary alicyclic amines) is 1. The second-order valence-electron chi connectivity index (χ2n) is 6.15. The molecule has 1 aromatic heterocycles. The summed E-state index contributed by atoms with van der Waals surface area (Å²) in [6, 6.07) is 7.96. The number of piperidine rings is 1. The van der Waals surface area contributed by atoms with Crippen LogP contribution in [0.5, 0.6) is 0 Å². The SMILES string of the molecule is Cc1ccccc1CC(=O)N1CCC[C@@H](n2cnc(C(N)=O)n2)C1. The van der Waals surface area contributed by atoms with Crippen LogP contribution in [0.3, 0.4) is 0 Å². The monoisotopic (exact) mass is 327 g/mol. The van der Waals surface area contributed by atoms with Crippen molar-refractivity contribution in [3.8, 4) is 0 Å². The molecule has 2 amide bonds. The molecule has 2 aromatic rings. The van der Waals surface area contributed by atoms with Gasteiger partial charge >= 0.3 is 0 Å². The molecule has 0 spiro atoms. The minimum Gasteiger partial charge on any atom is -0.363 e. The predicted molar refractivity (Wildman–Crippen MR) is 88.3 cm³/mol. The highest BCUT2D eigenvalue weighted by atomic mass is 16.2. The Bertz CT molecular complexity index is 755. The van der Waals surface area contributed by atoms with Gasteiger partial charge in [0, 0.05) is 13.1 Å². The van der Waals surface area contributed by atoms with Gasteiger partial charge in [0.05, 0.1) is 12.5 Å². The number of rotatable bonds is 4. The Balaban J connectivity index is 1.67. The number of aromatic nitrogens is 3. The quantitative estimate of drug-likeness (QED) is 0.909. The fourth-order valence-electron chi connectivity index (χ4n) is 3.04. The number of carbonyl (C=O) groups is 2. The fourth-order valence-corrected chi connectivity index (χ4v) is 3.04. The number of nitrogens with two attached hydrogens (primary N) is 1. The van der Waals surface area contributed by atoms with Gasteiger partial charge in [-0.1, -0.05) is 24.3 Å². The first-order valence-electron chi connectivity index (χ1n) is 8.08. The predicted octanol–water partition coefficient (Wildman–Crippen LogP) is 1.09. The van der Waals surface area contributed by atoms with Gasteiger partial charge in [0.1, 0.15) is 6.33 Å². The molecular weight excluding hydrogens is 306 g/mol. The minimum absolute atomic E-state index is 0.0124. The Morgan fingerprint density at radius 1 is 1.33 bits per heavy atom. The maximum atomic E-state index is 12.6. The third kappa shape index (κ3) is 3.45. The van der Waals surface area contributed by atoms with Crippen LogP contribution in [0.2, 0.25) is 0 Å². The van der Waals surface area contributed by atoms with Crippen molar-refractivity contribution >= 4 is 11.8 Å². The van der Waals surface area contributed by atoms with Crippen molar-refractivity contribution < 1.29 is 9.59 Å². The Labute approximate surface area is 140 Å². The standard InChI is InChI=1S/C17H21N5O2/c1-12-5-2-3-6-13(12)9-15(23)21-8-4-7-14(10-21)22-11-19-17(20-22)16(18)24/h2-3,5-6,11,14H,4,7-10H2,1H3,(H2,18,24)/t14-/m1/s1. The Hall–Kier alpha value is -2.70. The highest BCUT2D eigenvalue weighted by Gasteiger charge is 2.26. The fraction of sp³-hybridized carbons (Fsp3) is 0.412. The van der Waals surface area contributed by atoms with E-state index in [-0.39, 0.29) is 17.8 Å². The van der Waals surface area contributed by atoms with E-state index in [2.05, 4.69) is 10.1 Å². The topological polar surface area (TPSA) is 94.1 Å². The molecule has 0 unspecified atom stereocenters. The average Bonchev–Trinajstić information content (AvgIpc) is 3.07. The highest BCUT2D eigenvalue weighted by molar-refractivity contribution is 5.88. The molecule has 1 fully saturated rings. The van der Waals surface area contributed by atoms with Gasteiger partial charge in [-0.25, -0.2) is 9.67 Å². The summed E-state index contributed by atoms with van der Waals surface area (Å²) in [5, 5.41) is 4.12. The summed E-state index contributed by atoms with van der Waals surface area (Å²) in [7, 11) is 0. The van der Waals surface area contributed by atoms with E-state index < -0.39 is 5.91 Å². The van der Waals surface area contributed by atoms with Crippen LogP contribution in [-0.2, 0) is 11.2 Å². The van der Waals surface area contributed by atoms with Crippen molar-refractivity contribution in [1.82, 2.24) is 19.7 Å². The number of hydrogen-bond donors (Lipinski definition) is 1. The van der Waals surface area contributed by atoms with Crippen LogP contribution in [-0.4, -0.2) is 44.6 Å². The molecule has 2 N–H and O–H groups in total. The maximum absolute atomic E-state index is 12.6. The summed E-state index contributed by atoms with van der Waals surface area (Å²) in [5.74, 6) is -0.514. The number of hydrogen-bond acceptors (Lipinski definition) is 4. The van der Waals surface area contributed by atoms with Gasteiger partial charge in [0.25, 0.3) is 5.91 Å². The van der Waals surface area contributed by atoms with Crippen LogP contribution in [0.1, 0.15) is 40.6 Å². The number of benzene rings is 1. The third-order valence-corrected chi connectivity index (χ3v) is 4.46. The Morgan fingerprint density at radius 3 is 2.83 bits per heavy atom. The molecule has 3 rings (SSSR count). The molecule has 24 heavy (non-hydrogen) atoms. The van der Waals surface area contributed by atoms with Crippen LogP contribution in [0, 0.1) is 6.92 Å². The number of carbonyl (C=O) groups excluding carboxylic acids is 2. The molecule has 7 heteroatoms.